The first-order chi connectivity index (χ1) is 13.0. The van der Waals surface area contributed by atoms with Crippen LogP contribution in [0.15, 0.2) is 29.2 Å². The summed E-state index contributed by atoms with van der Waals surface area (Å²) in [6.45, 7) is 2.01. The highest BCUT2D eigenvalue weighted by atomic mass is 32.2. The number of nitrogens with zero attached hydrogens (tertiary/aromatic N) is 1. The SMILES string of the molecule is CN(C1CCCCC1)S(=O)(=O)c1cccc(NC(=O)CCC2CCNC2)c1. The van der Waals surface area contributed by atoms with Gasteiger partial charge in [-0.1, -0.05) is 25.3 Å². The Morgan fingerprint density at radius 2 is 2.00 bits per heavy atom. The third kappa shape index (κ3) is 5.30. The molecule has 0 radical (unpaired) electrons. The average molecular weight is 394 g/mol. The van der Waals surface area contributed by atoms with Gasteiger partial charge in [0.25, 0.3) is 0 Å². The van der Waals surface area contributed by atoms with Crippen molar-refractivity contribution in [2.45, 2.75) is 62.3 Å². The van der Waals surface area contributed by atoms with Crippen LogP contribution >= 0.6 is 0 Å². The van der Waals surface area contributed by atoms with E-state index in [2.05, 4.69) is 10.6 Å². The topological polar surface area (TPSA) is 78.5 Å². The fourth-order valence-corrected chi connectivity index (χ4v) is 5.52. The Bertz CT molecular complexity index is 739. The molecule has 150 valence electrons. The van der Waals surface area contributed by atoms with Crippen molar-refractivity contribution in [2.24, 2.45) is 5.92 Å². The number of carbonyl (C=O) groups excluding carboxylic acids is 1. The van der Waals surface area contributed by atoms with Gasteiger partial charge in [0.05, 0.1) is 4.90 Å². The first-order valence-corrected chi connectivity index (χ1v) is 11.5. The summed E-state index contributed by atoms with van der Waals surface area (Å²) in [6.07, 6.45) is 7.63. The second kappa shape index (κ2) is 9.17. The zero-order valence-electron chi connectivity index (χ0n) is 16.1. The van der Waals surface area contributed by atoms with E-state index in [1.54, 1.807) is 31.3 Å². The predicted octanol–water partition coefficient (Wildman–Crippen LogP) is 2.97. The predicted molar refractivity (Wildman–Crippen MR) is 107 cm³/mol. The van der Waals surface area contributed by atoms with Gasteiger partial charge in [-0.25, -0.2) is 8.42 Å². The van der Waals surface area contributed by atoms with Gasteiger partial charge in [0, 0.05) is 25.2 Å². The molecule has 0 bridgehead atoms. The highest BCUT2D eigenvalue weighted by Gasteiger charge is 2.29. The van der Waals surface area contributed by atoms with Gasteiger partial charge < -0.3 is 10.6 Å². The molecule has 1 amide bonds. The molecule has 1 unspecified atom stereocenters. The van der Waals surface area contributed by atoms with Crippen molar-refractivity contribution in [3.8, 4) is 0 Å². The average Bonchev–Trinajstić information content (AvgIpc) is 3.20. The summed E-state index contributed by atoms with van der Waals surface area (Å²) in [5.41, 5.74) is 0.544. The third-order valence-corrected chi connectivity index (χ3v) is 7.73. The Labute approximate surface area is 162 Å². The molecule has 1 aromatic carbocycles. The molecule has 1 heterocycles. The van der Waals surface area contributed by atoms with Crippen molar-refractivity contribution >= 4 is 21.6 Å². The molecule has 6 nitrogen and oxygen atoms in total. The summed E-state index contributed by atoms with van der Waals surface area (Å²) in [6, 6.07) is 6.69. The molecule has 1 saturated carbocycles. The van der Waals surface area contributed by atoms with Gasteiger partial charge in [-0.3, -0.25) is 4.79 Å². The highest BCUT2D eigenvalue weighted by Crippen LogP contribution is 2.27. The summed E-state index contributed by atoms with van der Waals surface area (Å²) in [7, 11) is -1.88. The number of hydrogen-bond acceptors (Lipinski definition) is 4. The molecule has 1 atom stereocenters. The van der Waals surface area contributed by atoms with Gasteiger partial charge in [0.15, 0.2) is 0 Å². The van der Waals surface area contributed by atoms with Crippen LogP contribution in [0.3, 0.4) is 0 Å². The normalized spacial score (nSPS) is 21.5. The molecule has 3 rings (SSSR count). The van der Waals surface area contributed by atoms with E-state index in [0.717, 1.165) is 51.6 Å². The van der Waals surface area contributed by atoms with Gasteiger partial charge in [0.1, 0.15) is 0 Å². The monoisotopic (exact) mass is 393 g/mol. The first kappa shape index (κ1) is 20.3. The van der Waals surface area contributed by atoms with Crippen molar-refractivity contribution in [2.75, 3.05) is 25.5 Å². The lowest BCUT2D eigenvalue weighted by molar-refractivity contribution is -0.116. The second-order valence-electron chi connectivity index (χ2n) is 7.79. The molecule has 1 aromatic rings. The van der Waals surface area contributed by atoms with Gasteiger partial charge in [-0.2, -0.15) is 4.31 Å². The lowest BCUT2D eigenvalue weighted by atomic mass is 9.96. The second-order valence-corrected chi connectivity index (χ2v) is 9.78. The molecular weight excluding hydrogens is 362 g/mol. The van der Waals surface area contributed by atoms with Crippen molar-refractivity contribution in [1.82, 2.24) is 9.62 Å². The maximum absolute atomic E-state index is 13.0. The molecule has 27 heavy (non-hydrogen) atoms. The van der Waals surface area contributed by atoms with Crippen LogP contribution in [0.2, 0.25) is 0 Å². The number of amides is 1. The number of sulfonamides is 1. The van der Waals surface area contributed by atoms with Crippen LogP contribution in [-0.4, -0.2) is 44.8 Å². The molecule has 1 aliphatic heterocycles. The van der Waals surface area contributed by atoms with Gasteiger partial charge >= 0.3 is 0 Å². The van der Waals surface area contributed by atoms with Crippen molar-refractivity contribution in [1.29, 1.82) is 0 Å². The van der Waals surface area contributed by atoms with E-state index in [-0.39, 0.29) is 16.8 Å². The van der Waals surface area contributed by atoms with Crippen LogP contribution in [0.5, 0.6) is 0 Å². The van der Waals surface area contributed by atoms with E-state index in [1.165, 1.54) is 10.7 Å². The Balaban J connectivity index is 1.62. The van der Waals surface area contributed by atoms with Crippen LogP contribution < -0.4 is 10.6 Å². The van der Waals surface area contributed by atoms with E-state index < -0.39 is 10.0 Å². The van der Waals surface area contributed by atoms with E-state index in [9.17, 15) is 13.2 Å². The molecule has 1 aliphatic carbocycles. The molecule has 0 aromatic heterocycles. The Kier molecular flexibility index (Phi) is 6.89. The maximum atomic E-state index is 13.0. The van der Waals surface area contributed by atoms with Gasteiger partial charge in [0.2, 0.25) is 15.9 Å². The van der Waals surface area contributed by atoms with E-state index in [4.69, 9.17) is 0 Å². The van der Waals surface area contributed by atoms with Crippen LogP contribution in [0, 0.1) is 5.92 Å². The smallest absolute Gasteiger partial charge is 0.243 e. The van der Waals surface area contributed by atoms with E-state index >= 15 is 0 Å². The lowest BCUT2D eigenvalue weighted by Crippen LogP contribution is -2.38. The molecule has 2 fully saturated rings. The van der Waals surface area contributed by atoms with E-state index in [0.29, 0.717) is 18.0 Å². The molecular formula is C20H31N3O3S. The lowest BCUT2D eigenvalue weighted by Gasteiger charge is -2.30. The summed E-state index contributed by atoms with van der Waals surface area (Å²) in [4.78, 5) is 12.5. The molecule has 1 saturated heterocycles. The van der Waals surface area contributed by atoms with E-state index in [1.807, 2.05) is 0 Å². The zero-order valence-corrected chi connectivity index (χ0v) is 16.9. The van der Waals surface area contributed by atoms with Crippen molar-refractivity contribution in [3.63, 3.8) is 0 Å². The first-order valence-electron chi connectivity index (χ1n) is 10.1. The summed E-state index contributed by atoms with van der Waals surface area (Å²) >= 11 is 0. The number of hydrogen-bond donors (Lipinski definition) is 2. The fraction of sp³-hybridized carbons (Fsp3) is 0.650. The number of anilines is 1. The minimum absolute atomic E-state index is 0.0583. The quantitative estimate of drug-likeness (QED) is 0.746. The largest absolute Gasteiger partial charge is 0.326 e. The number of rotatable bonds is 7. The minimum atomic E-state index is -3.55. The summed E-state index contributed by atoms with van der Waals surface area (Å²) < 4.78 is 27.5. The van der Waals surface area contributed by atoms with Crippen LogP contribution in [-0.2, 0) is 14.8 Å². The zero-order chi connectivity index (χ0) is 19.3. The van der Waals surface area contributed by atoms with Gasteiger partial charge in [-0.05, 0) is 62.9 Å². The molecule has 2 N–H and O–H groups in total. The minimum Gasteiger partial charge on any atom is -0.326 e. The number of benzene rings is 1. The van der Waals surface area contributed by atoms with Crippen LogP contribution in [0.4, 0.5) is 5.69 Å². The maximum Gasteiger partial charge on any atom is 0.243 e. The number of carbonyl (C=O) groups is 1. The van der Waals surface area contributed by atoms with Crippen molar-refractivity contribution < 1.29 is 13.2 Å². The summed E-state index contributed by atoms with van der Waals surface area (Å²) in [5.74, 6) is 0.503. The number of nitrogens with one attached hydrogen (secondary N) is 2. The molecule has 0 spiro atoms. The Hall–Kier alpha value is -1.44. The van der Waals surface area contributed by atoms with Gasteiger partial charge in [-0.15, -0.1) is 0 Å². The molecule has 7 heteroatoms. The van der Waals surface area contributed by atoms with Crippen molar-refractivity contribution in [3.05, 3.63) is 24.3 Å². The Morgan fingerprint density at radius 3 is 2.70 bits per heavy atom. The summed E-state index contributed by atoms with van der Waals surface area (Å²) in [5, 5.41) is 6.16. The fourth-order valence-electron chi connectivity index (χ4n) is 4.06. The highest BCUT2D eigenvalue weighted by molar-refractivity contribution is 7.89. The molecule has 2 aliphatic rings. The van der Waals surface area contributed by atoms with Crippen LogP contribution in [0.1, 0.15) is 51.4 Å². The Morgan fingerprint density at radius 1 is 1.22 bits per heavy atom. The standard InChI is InChI=1S/C20H31N3O3S/c1-23(18-7-3-2-4-8-18)27(25,26)19-9-5-6-17(14-19)22-20(24)11-10-16-12-13-21-15-16/h5-6,9,14,16,18,21H,2-4,7-8,10-13,15H2,1H3,(H,22,24). The third-order valence-electron chi connectivity index (χ3n) is 5.83. The van der Waals surface area contributed by atoms with Crippen LogP contribution in [0.25, 0.3) is 0 Å².